The van der Waals surface area contributed by atoms with Crippen LogP contribution >= 0.6 is 0 Å². The van der Waals surface area contributed by atoms with E-state index in [-0.39, 0.29) is 26.3 Å². The number of alkyl halides is 3. The first-order chi connectivity index (χ1) is 14.2. The Morgan fingerprint density at radius 2 is 1.83 bits per heavy atom. The summed E-state index contributed by atoms with van der Waals surface area (Å²) in [4.78, 5) is 12.6. The van der Waals surface area contributed by atoms with Crippen LogP contribution in [-0.2, 0) is 6.54 Å². The third kappa shape index (κ3) is 7.66. The molecule has 0 aliphatic rings. The van der Waals surface area contributed by atoms with Gasteiger partial charge in [0, 0.05) is 0 Å². The van der Waals surface area contributed by atoms with Gasteiger partial charge in [0.2, 0.25) is 0 Å². The molecule has 0 spiro atoms. The second-order valence-corrected chi connectivity index (χ2v) is 10.2. The molecule has 2 aromatic rings. The number of rotatable bonds is 12. The maximum atomic E-state index is 12.7. The summed E-state index contributed by atoms with van der Waals surface area (Å²) in [5.41, 5.74) is 0.601. The number of pyridine rings is 1. The summed E-state index contributed by atoms with van der Waals surface area (Å²) >= 11 is 0.0380. The zero-order valence-corrected chi connectivity index (χ0v) is 19.8. The van der Waals surface area contributed by atoms with Crippen LogP contribution in [0.1, 0.15) is 65.7 Å². The van der Waals surface area contributed by atoms with Crippen LogP contribution in [0, 0.1) is 5.92 Å². The SMILES string of the molecule is CCCn1c(=O)cc([Se]CCCCCCC(C)CC)c2cc(OC(F)(F)F)ccc21. The van der Waals surface area contributed by atoms with Crippen molar-refractivity contribution in [2.75, 3.05) is 0 Å². The van der Waals surface area contributed by atoms with E-state index in [2.05, 4.69) is 18.6 Å². The molecule has 0 amide bonds. The number of halogens is 3. The van der Waals surface area contributed by atoms with Crippen molar-refractivity contribution >= 4 is 30.3 Å². The summed E-state index contributed by atoms with van der Waals surface area (Å²) in [6.07, 6.45) is 3.23. The first-order valence-corrected chi connectivity index (χ1v) is 12.9. The predicted octanol–water partition coefficient (Wildman–Crippen LogP) is 6.05. The average Bonchev–Trinajstić information content (AvgIpc) is 2.68. The van der Waals surface area contributed by atoms with Crippen LogP contribution in [0.25, 0.3) is 10.9 Å². The van der Waals surface area contributed by atoms with Crippen LogP contribution in [0.5, 0.6) is 5.75 Å². The van der Waals surface area contributed by atoms with E-state index in [9.17, 15) is 18.0 Å². The molecule has 168 valence electrons. The Bertz CT molecular complexity index is 864. The van der Waals surface area contributed by atoms with E-state index in [1.54, 1.807) is 16.7 Å². The minimum absolute atomic E-state index is 0.0380. The summed E-state index contributed by atoms with van der Waals surface area (Å²) in [7, 11) is 0. The van der Waals surface area contributed by atoms with Crippen molar-refractivity contribution in [3.63, 3.8) is 0 Å². The molecule has 30 heavy (non-hydrogen) atoms. The van der Waals surface area contributed by atoms with Gasteiger partial charge in [-0.2, -0.15) is 0 Å². The van der Waals surface area contributed by atoms with Crippen molar-refractivity contribution in [2.24, 2.45) is 5.92 Å². The molecule has 1 unspecified atom stereocenters. The van der Waals surface area contributed by atoms with E-state index in [1.807, 2.05) is 6.92 Å². The molecule has 1 aromatic heterocycles. The van der Waals surface area contributed by atoms with Crippen molar-refractivity contribution in [3.8, 4) is 5.75 Å². The van der Waals surface area contributed by atoms with Crippen molar-refractivity contribution in [3.05, 3.63) is 34.6 Å². The van der Waals surface area contributed by atoms with Crippen molar-refractivity contribution in [1.29, 1.82) is 0 Å². The van der Waals surface area contributed by atoms with E-state index >= 15 is 0 Å². The molecule has 1 heterocycles. The molecule has 0 aliphatic carbocycles. The van der Waals surface area contributed by atoms with E-state index in [1.165, 1.54) is 37.8 Å². The molecule has 0 fully saturated rings. The maximum absolute atomic E-state index is 12.7. The Balaban J connectivity index is 2.12. The van der Waals surface area contributed by atoms with E-state index in [0.717, 1.165) is 35.0 Å². The molecule has 0 N–H and O–H groups in total. The first-order valence-electron chi connectivity index (χ1n) is 10.8. The standard InChI is InChI=1S/C23H32F3NO2Se/c1-4-13-27-20-12-11-18(29-23(24,25)26)15-19(20)21(16-22(27)28)30-14-9-7-6-8-10-17(3)5-2/h11-12,15-17H,4-10,13-14H2,1-3H3. The number of unbranched alkanes of at least 4 members (excludes halogenated alkanes) is 3. The summed E-state index contributed by atoms with van der Waals surface area (Å²) in [6.45, 7) is 7.01. The molecule has 1 atom stereocenters. The fraction of sp³-hybridized carbons (Fsp3) is 0.609. The Labute approximate surface area is 183 Å². The van der Waals surface area contributed by atoms with Gasteiger partial charge in [-0.05, 0) is 0 Å². The third-order valence-electron chi connectivity index (χ3n) is 5.27. The van der Waals surface area contributed by atoms with Gasteiger partial charge >= 0.3 is 183 Å². The summed E-state index contributed by atoms with van der Waals surface area (Å²) in [5.74, 6) is 0.544. The van der Waals surface area contributed by atoms with Gasteiger partial charge in [-0.15, -0.1) is 0 Å². The molecular weight excluding hydrogens is 458 g/mol. The predicted molar refractivity (Wildman–Crippen MR) is 118 cm³/mol. The Kier molecular flexibility index (Phi) is 9.76. The fourth-order valence-corrected chi connectivity index (χ4v) is 5.69. The van der Waals surface area contributed by atoms with Crippen molar-refractivity contribution in [1.82, 2.24) is 4.57 Å². The number of fused-ring (bicyclic) bond motifs is 1. The number of nitrogens with zero attached hydrogens (tertiary/aromatic N) is 1. The molecule has 1 aromatic carbocycles. The van der Waals surface area contributed by atoms with E-state index in [0.29, 0.717) is 17.4 Å². The van der Waals surface area contributed by atoms with Crippen LogP contribution in [0.3, 0.4) is 0 Å². The molecular formula is C23H32F3NO2Se. The minimum atomic E-state index is -4.73. The second kappa shape index (κ2) is 11.8. The van der Waals surface area contributed by atoms with Gasteiger partial charge < -0.3 is 0 Å². The third-order valence-corrected chi connectivity index (χ3v) is 7.67. The van der Waals surface area contributed by atoms with E-state index in [4.69, 9.17) is 0 Å². The van der Waals surface area contributed by atoms with Gasteiger partial charge in [-0.3, -0.25) is 0 Å². The van der Waals surface area contributed by atoms with Crippen LogP contribution in [0.2, 0.25) is 5.32 Å². The number of hydrogen-bond acceptors (Lipinski definition) is 2. The average molecular weight is 490 g/mol. The molecule has 3 nitrogen and oxygen atoms in total. The number of benzene rings is 1. The summed E-state index contributed by atoms with van der Waals surface area (Å²) in [5, 5.41) is 1.68. The Morgan fingerprint density at radius 1 is 1.10 bits per heavy atom. The molecule has 0 saturated heterocycles. The number of aromatic nitrogens is 1. The zero-order chi connectivity index (χ0) is 22.1. The van der Waals surface area contributed by atoms with Crippen molar-refractivity contribution < 1.29 is 17.9 Å². The van der Waals surface area contributed by atoms with Crippen LogP contribution in [0.15, 0.2) is 29.1 Å². The first kappa shape index (κ1) is 24.8. The fourth-order valence-electron chi connectivity index (χ4n) is 3.44. The number of hydrogen-bond donors (Lipinski definition) is 0. The van der Waals surface area contributed by atoms with E-state index < -0.39 is 6.36 Å². The number of aryl methyl sites for hydroxylation is 1. The van der Waals surface area contributed by atoms with Gasteiger partial charge in [-0.1, -0.05) is 0 Å². The number of ether oxygens (including phenoxy) is 1. The molecule has 0 bridgehead atoms. The quantitative estimate of drug-likeness (QED) is 0.268. The van der Waals surface area contributed by atoms with Gasteiger partial charge in [-0.25, -0.2) is 0 Å². The monoisotopic (exact) mass is 491 g/mol. The Hall–Kier alpha value is -1.46. The van der Waals surface area contributed by atoms with Gasteiger partial charge in [0.15, 0.2) is 0 Å². The second-order valence-electron chi connectivity index (χ2n) is 7.79. The van der Waals surface area contributed by atoms with Crippen LogP contribution < -0.4 is 14.8 Å². The molecule has 0 aliphatic heterocycles. The summed E-state index contributed by atoms with van der Waals surface area (Å²) in [6, 6.07) is 5.90. The van der Waals surface area contributed by atoms with Gasteiger partial charge in [0.05, 0.1) is 0 Å². The van der Waals surface area contributed by atoms with Crippen LogP contribution in [0.4, 0.5) is 13.2 Å². The molecule has 7 heteroatoms. The Morgan fingerprint density at radius 3 is 2.50 bits per heavy atom. The molecule has 2 rings (SSSR count). The normalized spacial score (nSPS) is 13.0. The van der Waals surface area contributed by atoms with Crippen LogP contribution in [-0.4, -0.2) is 25.9 Å². The summed E-state index contributed by atoms with van der Waals surface area (Å²) < 4.78 is 44.6. The van der Waals surface area contributed by atoms with Crippen molar-refractivity contribution in [2.45, 2.75) is 83.9 Å². The molecule has 0 saturated carbocycles. The zero-order valence-electron chi connectivity index (χ0n) is 18.1. The molecule has 0 radical (unpaired) electrons. The van der Waals surface area contributed by atoms with Gasteiger partial charge in [0.25, 0.3) is 0 Å². The van der Waals surface area contributed by atoms with Gasteiger partial charge in [0.1, 0.15) is 0 Å². The topological polar surface area (TPSA) is 31.2 Å².